The van der Waals surface area contributed by atoms with Crippen LogP contribution in [0.15, 0.2) is 125 Å². The van der Waals surface area contributed by atoms with Crippen LogP contribution < -0.4 is 0 Å². The molecule has 0 saturated carbocycles. The molecule has 2 heterocycles. The van der Waals surface area contributed by atoms with Crippen LogP contribution in [0.1, 0.15) is 70.2 Å². The Morgan fingerprint density at radius 1 is 0.426 bits per heavy atom. The van der Waals surface area contributed by atoms with Crippen LogP contribution in [0.2, 0.25) is 0 Å². The lowest BCUT2D eigenvalue weighted by atomic mass is 9.77. The number of nitrogens with zero attached hydrogens (tertiary/aromatic N) is 3. The lowest BCUT2D eigenvalue weighted by Crippen LogP contribution is -2.23. The van der Waals surface area contributed by atoms with Crippen LogP contribution in [-0.2, 0) is 16.2 Å². The van der Waals surface area contributed by atoms with E-state index in [1.54, 1.807) is 0 Å². The van der Waals surface area contributed by atoms with E-state index in [2.05, 4.69) is 151 Å². The van der Waals surface area contributed by atoms with E-state index in [-0.39, 0.29) is 16.2 Å². The summed E-state index contributed by atoms with van der Waals surface area (Å²) in [5.41, 5.74) is 11.0. The fourth-order valence-corrected chi connectivity index (χ4v) is 9.37. The van der Waals surface area contributed by atoms with Crippen LogP contribution >= 0.6 is 11.8 Å². The first-order chi connectivity index (χ1) is 22.5. The molecular weight excluding hydrogens is 591 g/mol. The van der Waals surface area contributed by atoms with Crippen molar-refractivity contribution < 1.29 is 0 Å². The topological polar surface area (TPSA) is 38.7 Å². The maximum Gasteiger partial charge on any atom is 0.164 e. The van der Waals surface area contributed by atoms with Crippen LogP contribution in [0.3, 0.4) is 0 Å². The van der Waals surface area contributed by atoms with Gasteiger partial charge in [-0.15, -0.1) is 0 Å². The molecule has 0 spiro atoms. The predicted molar refractivity (Wildman–Crippen MR) is 195 cm³/mol. The van der Waals surface area contributed by atoms with Crippen LogP contribution in [0.5, 0.6) is 0 Å². The van der Waals surface area contributed by atoms with Gasteiger partial charge >= 0.3 is 0 Å². The Kier molecular flexibility index (Phi) is 6.82. The van der Waals surface area contributed by atoms with E-state index in [9.17, 15) is 0 Å². The Bertz CT molecular complexity index is 2160. The fourth-order valence-electron chi connectivity index (χ4n) is 7.93. The molecule has 1 aromatic heterocycles. The van der Waals surface area contributed by atoms with Gasteiger partial charge in [0.1, 0.15) is 0 Å². The average molecular weight is 630 g/mol. The SMILES string of the molecule is CC1(C)CC(C)(C)c2cc(-c3nc(-c4ccc(-c5ccccc5)cc4)nc(-c4ccc5c(c4)Sc4ccccc4C5(C)C)n3)ccc21. The molecule has 1 aliphatic carbocycles. The van der Waals surface area contributed by atoms with E-state index in [4.69, 9.17) is 15.0 Å². The standard InChI is InChI=1S/C43H39N3S/c1-41(2)26-42(3,4)35-24-30(20-22-32(35)41)39-44-38(29-18-16-28(17-19-29)27-12-8-7-9-13-27)45-40(46-39)31-21-23-34-37(25-31)47-36-15-11-10-14-33(36)43(34,5)6/h7-25H,26H2,1-6H3. The van der Waals surface area contributed by atoms with Gasteiger partial charge in [-0.05, 0) is 68.8 Å². The molecule has 0 N–H and O–H groups in total. The smallest absolute Gasteiger partial charge is 0.164 e. The summed E-state index contributed by atoms with van der Waals surface area (Å²) in [5, 5.41) is 0. The van der Waals surface area contributed by atoms with Crippen molar-refractivity contribution in [2.75, 3.05) is 0 Å². The van der Waals surface area contributed by atoms with Crippen LogP contribution in [0, 0.1) is 0 Å². The number of hydrogen-bond acceptors (Lipinski definition) is 4. The second kappa shape index (κ2) is 10.7. The Morgan fingerprint density at radius 2 is 0.915 bits per heavy atom. The van der Waals surface area contributed by atoms with Crippen molar-refractivity contribution in [2.45, 2.75) is 74.0 Å². The van der Waals surface area contributed by atoms with Crippen LogP contribution in [-0.4, -0.2) is 15.0 Å². The highest BCUT2D eigenvalue weighted by molar-refractivity contribution is 7.99. The number of fused-ring (bicyclic) bond motifs is 3. The third kappa shape index (κ3) is 5.10. The largest absolute Gasteiger partial charge is 0.208 e. The number of benzene rings is 5. The van der Waals surface area contributed by atoms with E-state index in [1.807, 2.05) is 17.8 Å². The van der Waals surface area contributed by atoms with Gasteiger partial charge in [-0.25, -0.2) is 15.0 Å². The molecule has 47 heavy (non-hydrogen) atoms. The zero-order chi connectivity index (χ0) is 32.6. The third-order valence-electron chi connectivity index (χ3n) is 10.2. The molecular formula is C43H39N3S. The van der Waals surface area contributed by atoms with Gasteiger partial charge in [0.2, 0.25) is 0 Å². The minimum atomic E-state index is -0.0867. The molecule has 0 amide bonds. The molecule has 0 atom stereocenters. The van der Waals surface area contributed by atoms with Crippen molar-refractivity contribution in [3.8, 4) is 45.3 Å². The molecule has 0 fully saturated rings. The molecule has 1 aliphatic heterocycles. The molecule has 0 unspecified atom stereocenters. The Hall–Kier alpha value is -4.54. The van der Waals surface area contributed by atoms with Gasteiger partial charge in [0.25, 0.3) is 0 Å². The van der Waals surface area contributed by atoms with E-state index < -0.39 is 0 Å². The third-order valence-corrected chi connectivity index (χ3v) is 11.3. The summed E-state index contributed by atoms with van der Waals surface area (Å²) < 4.78 is 0. The summed E-state index contributed by atoms with van der Waals surface area (Å²) in [6.45, 7) is 14.1. The van der Waals surface area contributed by atoms with Gasteiger partial charge in [-0.3, -0.25) is 0 Å². The summed E-state index contributed by atoms with van der Waals surface area (Å²) in [5.74, 6) is 2.08. The van der Waals surface area contributed by atoms with E-state index in [0.717, 1.165) is 23.1 Å². The predicted octanol–water partition coefficient (Wildman–Crippen LogP) is 11.3. The van der Waals surface area contributed by atoms with Crippen molar-refractivity contribution >= 4 is 11.8 Å². The fraction of sp³-hybridized carbons (Fsp3) is 0.233. The van der Waals surface area contributed by atoms with Gasteiger partial charge in [-0.1, -0.05) is 150 Å². The van der Waals surface area contributed by atoms with Crippen LogP contribution in [0.25, 0.3) is 45.3 Å². The van der Waals surface area contributed by atoms with Gasteiger partial charge in [0, 0.05) is 31.9 Å². The maximum absolute atomic E-state index is 5.17. The first kappa shape index (κ1) is 29.8. The normalized spacial score (nSPS) is 16.6. The van der Waals surface area contributed by atoms with Gasteiger partial charge in [0.05, 0.1) is 0 Å². The van der Waals surface area contributed by atoms with E-state index in [0.29, 0.717) is 17.5 Å². The molecule has 5 aromatic carbocycles. The lowest BCUT2D eigenvalue weighted by molar-refractivity contribution is 0.403. The minimum absolute atomic E-state index is 0.0830. The molecule has 4 heteroatoms. The summed E-state index contributed by atoms with van der Waals surface area (Å²) >= 11 is 1.84. The lowest BCUT2D eigenvalue weighted by Gasteiger charge is -2.34. The maximum atomic E-state index is 5.17. The molecule has 232 valence electrons. The van der Waals surface area contributed by atoms with Crippen LogP contribution in [0.4, 0.5) is 0 Å². The summed E-state index contributed by atoms with van der Waals surface area (Å²) in [6.07, 6.45) is 1.12. The van der Waals surface area contributed by atoms with Crippen molar-refractivity contribution in [1.29, 1.82) is 0 Å². The molecule has 3 nitrogen and oxygen atoms in total. The second-order valence-corrected chi connectivity index (χ2v) is 16.0. The summed E-state index contributed by atoms with van der Waals surface area (Å²) in [6, 6.07) is 41.3. The quantitative estimate of drug-likeness (QED) is 0.194. The van der Waals surface area contributed by atoms with Crippen molar-refractivity contribution in [3.05, 3.63) is 138 Å². The average Bonchev–Trinajstić information content (AvgIpc) is 3.27. The molecule has 0 bridgehead atoms. The Balaban J connectivity index is 1.26. The highest BCUT2D eigenvalue weighted by Gasteiger charge is 2.42. The number of rotatable bonds is 4. The van der Waals surface area contributed by atoms with Gasteiger partial charge in [0.15, 0.2) is 17.5 Å². The van der Waals surface area contributed by atoms with E-state index in [1.165, 1.54) is 43.2 Å². The van der Waals surface area contributed by atoms with Crippen molar-refractivity contribution in [3.63, 3.8) is 0 Å². The van der Waals surface area contributed by atoms with Crippen molar-refractivity contribution in [2.24, 2.45) is 0 Å². The van der Waals surface area contributed by atoms with Gasteiger partial charge in [-0.2, -0.15) is 0 Å². The highest BCUT2D eigenvalue weighted by Crippen LogP contribution is 2.51. The molecule has 6 aromatic rings. The first-order valence-corrected chi connectivity index (χ1v) is 17.3. The molecule has 8 rings (SSSR count). The number of aromatic nitrogens is 3. The van der Waals surface area contributed by atoms with Gasteiger partial charge < -0.3 is 0 Å². The molecule has 2 aliphatic rings. The number of hydrogen-bond donors (Lipinski definition) is 0. The zero-order valence-corrected chi connectivity index (χ0v) is 28.7. The Labute approximate surface area is 282 Å². The molecule has 0 radical (unpaired) electrons. The first-order valence-electron chi connectivity index (χ1n) is 16.5. The summed E-state index contributed by atoms with van der Waals surface area (Å²) in [4.78, 5) is 18.0. The van der Waals surface area contributed by atoms with Crippen molar-refractivity contribution in [1.82, 2.24) is 15.0 Å². The Morgan fingerprint density at radius 3 is 1.62 bits per heavy atom. The second-order valence-electron chi connectivity index (χ2n) is 14.9. The highest BCUT2D eigenvalue weighted by atomic mass is 32.2. The zero-order valence-electron chi connectivity index (χ0n) is 27.9. The molecule has 0 saturated heterocycles. The van der Waals surface area contributed by atoms with E-state index >= 15 is 0 Å². The monoisotopic (exact) mass is 629 g/mol. The minimum Gasteiger partial charge on any atom is -0.208 e. The summed E-state index contributed by atoms with van der Waals surface area (Å²) in [7, 11) is 0.